The number of benzene rings is 1. The smallest absolute Gasteiger partial charge is 0.319 e. The maximum absolute atomic E-state index is 13.2. The molecule has 0 saturated heterocycles. The number of rotatable bonds is 4. The number of nitrogens with one attached hydrogen (secondary N) is 3. The molecule has 0 aliphatic heterocycles. The number of hydrogen-bond donors (Lipinski definition) is 3. The summed E-state index contributed by atoms with van der Waals surface area (Å²) in [6.07, 6.45) is 6.75. The lowest BCUT2D eigenvalue weighted by molar-refractivity contribution is 0.242. The average Bonchev–Trinajstić information content (AvgIpc) is 2.63. The minimum atomic E-state index is -0.537. The Balaban J connectivity index is 1.66. The van der Waals surface area contributed by atoms with E-state index in [0.717, 1.165) is 25.7 Å². The number of halogens is 4. The van der Waals surface area contributed by atoms with Gasteiger partial charge in [-0.3, -0.25) is 4.98 Å². The lowest BCUT2D eigenvalue weighted by atomic mass is 9.90. The predicted molar refractivity (Wildman–Crippen MR) is 107 cm³/mol. The van der Waals surface area contributed by atoms with Gasteiger partial charge in [0.2, 0.25) is 0 Å². The summed E-state index contributed by atoms with van der Waals surface area (Å²) in [5.41, 5.74) is 1.03. The lowest BCUT2D eigenvalue weighted by Gasteiger charge is -2.33. The molecule has 27 heavy (non-hydrogen) atoms. The molecule has 3 N–H and O–H groups in total. The van der Waals surface area contributed by atoms with Crippen LogP contribution in [-0.4, -0.2) is 23.1 Å². The molecule has 1 aromatic heterocycles. The number of hydrogen-bond acceptors (Lipinski definition) is 3. The first-order valence-corrected chi connectivity index (χ1v) is 9.65. The van der Waals surface area contributed by atoms with Gasteiger partial charge in [-0.2, -0.15) is 0 Å². The molecule has 1 unspecified atom stereocenters. The van der Waals surface area contributed by atoms with Crippen molar-refractivity contribution in [1.82, 2.24) is 10.3 Å². The molecule has 144 valence electrons. The van der Waals surface area contributed by atoms with E-state index in [1.807, 2.05) is 0 Å². The van der Waals surface area contributed by atoms with Gasteiger partial charge in [-0.15, -0.1) is 0 Å². The molecule has 2 amide bonds. The molecule has 2 atom stereocenters. The molecule has 9 heteroatoms. The zero-order valence-electron chi connectivity index (χ0n) is 14.2. The van der Waals surface area contributed by atoms with Gasteiger partial charge in [0.15, 0.2) is 0 Å². The summed E-state index contributed by atoms with van der Waals surface area (Å²) < 4.78 is 13.2. The number of pyridine rings is 1. The van der Waals surface area contributed by atoms with Crippen molar-refractivity contribution in [2.24, 2.45) is 0 Å². The van der Waals surface area contributed by atoms with Crippen molar-refractivity contribution in [3.05, 3.63) is 51.5 Å². The van der Waals surface area contributed by atoms with E-state index in [2.05, 4.69) is 20.9 Å². The van der Waals surface area contributed by atoms with Gasteiger partial charge in [0.1, 0.15) is 5.82 Å². The molecule has 1 aromatic carbocycles. The topological polar surface area (TPSA) is 66.1 Å². The third-order valence-electron chi connectivity index (χ3n) is 4.44. The highest BCUT2D eigenvalue weighted by molar-refractivity contribution is 6.38. The summed E-state index contributed by atoms with van der Waals surface area (Å²) in [5.74, 6) is -0.537. The number of amides is 2. The molecule has 1 saturated carbocycles. The average molecular weight is 432 g/mol. The number of urea groups is 1. The zero-order valence-corrected chi connectivity index (χ0v) is 16.5. The molecule has 0 spiro atoms. The zero-order chi connectivity index (χ0) is 19.4. The molecule has 5 nitrogen and oxygen atoms in total. The second-order valence-electron chi connectivity index (χ2n) is 6.35. The van der Waals surface area contributed by atoms with Crippen molar-refractivity contribution in [3.8, 4) is 0 Å². The standard InChI is InChI=1S/C18H18Cl3FN4O/c19-11-7-10(5-6-14(11)22)24-18(27)26-16-4-2-1-3-15(16)25-17-12(20)8-23-9-13(17)21/h5-9,15-16H,1-4H2,(H,23,25)(H2,24,26,27)/t15?,16-/m0/s1. The highest BCUT2D eigenvalue weighted by Gasteiger charge is 2.27. The summed E-state index contributed by atoms with van der Waals surface area (Å²) in [6, 6.07) is 3.49. The fraction of sp³-hybridized carbons (Fsp3) is 0.333. The van der Waals surface area contributed by atoms with Crippen LogP contribution in [0.1, 0.15) is 25.7 Å². The Morgan fingerprint density at radius 1 is 1.04 bits per heavy atom. The molecule has 1 aliphatic carbocycles. The molecular weight excluding hydrogens is 414 g/mol. The highest BCUT2D eigenvalue weighted by atomic mass is 35.5. The first kappa shape index (κ1) is 20.0. The lowest BCUT2D eigenvalue weighted by Crippen LogP contribution is -2.49. The van der Waals surface area contributed by atoms with Crippen molar-refractivity contribution < 1.29 is 9.18 Å². The Hall–Kier alpha value is -1.76. The van der Waals surface area contributed by atoms with Gasteiger partial charge >= 0.3 is 6.03 Å². The summed E-state index contributed by atoms with van der Waals surface area (Å²) in [5, 5.41) is 9.78. The summed E-state index contributed by atoms with van der Waals surface area (Å²) in [4.78, 5) is 16.3. The van der Waals surface area contributed by atoms with Gasteiger partial charge in [-0.1, -0.05) is 47.6 Å². The minimum absolute atomic E-state index is 0.0290. The first-order valence-electron chi connectivity index (χ1n) is 8.52. The molecule has 1 fully saturated rings. The summed E-state index contributed by atoms with van der Waals surface area (Å²) >= 11 is 18.1. The molecule has 0 bridgehead atoms. The number of carbonyl (C=O) groups excluding carboxylic acids is 1. The second-order valence-corrected chi connectivity index (χ2v) is 7.57. The highest BCUT2D eigenvalue weighted by Crippen LogP contribution is 2.32. The van der Waals surface area contributed by atoms with E-state index in [1.54, 1.807) is 0 Å². The van der Waals surface area contributed by atoms with Crippen LogP contribution < -0.4 is 16.0 Å². The second kappa shape index (κ2) is 8.95. The summed E-state index contributed by atoms with van der Waals surface area (Å²) in [6.45, 7) is 0. The van der Waals surface area contributed by atoms with Gasteiger partial charge in [-0.25, -0.2) is 9.18 Å². The number of carbonyl (C=O) groups is 1. The molecule has 1 heterocycles. The largest absolute Gasteiger partial charge is 0.378 e. The van der Waals surface area contributed by atoms with Crippen LogP contribution in [-0.2, 0) is 0 Å². The van der Waals surface area contributed by atoms with Gasteiger partial charge in [0.25, 0.3) is 0 Å². The Morgan fingerprint density at radius 3 is 2.37 bits per heavy atom. The van der Waals surface area contributed by atoms with Crippen LogP contribution in [0.2, 0.25) is 15.1 Å². The SMILES string of the molecule is O=C(Nc1ccc(F)c(Cl)c1)N[C@H]1CCCCC1Nc1c(Cl)cncc1Cl. The number of nitrogens with zero attached hydrogens (tertiary/aromatic N) is 1. The molecule has 2 aromatic rings. The van der Waals surface area contributed by atoms with E-state index in [1.165, 1.54) is 30.6 Å². The van der Waals surface area contributed by atoms with Gasteiger partial charge < -0.3 is 16.0 Å². The van der Waals surface area contributed by atoms with Crippen LogP contribution in [0.15, 0.2) is 30.6 Å². The molecule has 0 radical (unpaired) electrons. The third-order valence-corrected chi connectivity index (χ3v) is 5.31. The van der Waals surface area contributed by atoms with Crippen molar-refractivity contribution >= 4 is 52.2 Å². The van der Waals surface area contributed by atoms with Crippen LogP contribution in [0.5, 0.6) is 0 Å². The van der Waals surface area contributed by atoms with Crippen LogP contribution in [0.3, 0.4) is 0 Å². The van der Waals surface area contributed by atoms with E-state index >= 15 is 0 Å². The number of aromatic nitrogens is 1. The Morgan fingerprint density at radius 2 is 1.70 bits per heavy atom. The van der Waals surface area contributed by atoms with E-state index in [9.17, 15) is 9.18 Å². The van der Waals surface area contributed by atoms with Gasteiger partial charge in [0, 0.05) is 24.1 Å². The van der Waals surface area contributed by atoms with Crippen LogP contribution in [0.4, 0.5) is 20.6 Å². The van der Waals surface area contributed by atoms with E-state index in [-0.39, 0.29) is 23.1 Å². The van der Waals surface area contributed by atoms with Crippen molar-refractivity contribution in [2.75, 3.05) is 10.6 Å². The Labute approximate surface area is 171 Å². The number of anilines is 2. The van der Waals surface area contributed by atoms with E-state index in [4.69, 9.17) is 34.8 Å². The molecule has 3 rings (SSSR count). The van der Waals surface area contributed by atoms with E-state index in [0.29, 0.717) is 21.4 Å². The van der Waals surface area contributed by atoms with Crippen molar-refractivity contribution in [1.29, 1.82) is 0 Å². The van der Waals surface area contributed by atoms with Crippen molar-refractivity contribution in [2.45, 2.75) is 37.8 Å². The molecule has 1 aliphatic rings. The third kappa shape index (κ3) is 5.15. The maximum atomic E-state index is 13.2. The van der Waals surface area contributed by atoms with Crippen molar-refractivity contribution in [3.63, 3.8) is 0 Å². The molecular formula is C18H18Cl3FN4O. The summed E-state index contributed by atoms with van der Waals surface area (Å²) in [7, 11) is 0. The minimum Gasteiger partial charge on any atom is -0.378 e. The quantitative estimate of drug-likeness (QED) is 0.579. The Kier molecular flexibility index (Phi) is 6.63. The fourth-order valence-corrected chi connectivity index (χ4v) is 3.77. The van der Waals surface area contributed by atoms with E-state index < -0.39 is 5.82 Å². The monoisotopic (exact) mass is 430 g/mol. The Bertz CT molecular complexity index is 816. The first-order chi connectivity index (χ1) is 12.9. The fourth-order valence-electron chi connectivity index (χ4n) is 3.12. The normalized spacial score (nSPS) is 19.4. The predicted octanol–water partition coefficient (Wildman–Crippen LogP) is 5.73. The van der Waals surface area contributed by atoms with Crippen LogP contribution >= 0.6 is 34.8 Å². The maximum Gasteiger partial charge on any atom is 0.319 e. The van der Waals surface area contributed by atoms with Gasteiger partial charge in [-0.05, 0) is 31.0 Å². The van der Waals surface area contributed by atoms with Gasteiger partial charge in [0.05, 0.1) is 26.8 Å². The van der Waals surface area contributed by atoms with Crippen LogP contribution in [0.25, 0.3) is 0 Å². The van der Waals surface area contributed by atoms with Crippen LogP contribution in [0, 0.1) is 5.82 Å².